The number of carbonyl (C=O) groups excluding carboxylic acids is 1. The number of amides is 1. The van der Waals surface area contributed by atoms with Crippen LogP contribution in [0.5, 0.6) is 0 Å². The second-order valence-corrected chi connectivity index (χ2v) is 8.71. The van der Waals surface area contributed by atoms with E-state index in [1.165, 1.54) is 12.3 Å². The Morgan fingerprint density at radius 3 is 2.53 bits per heavy atom. The standard InChI is InChI=1S/C24H28F3N3O2/c1-16-12-18(17-4-2-5-19(13-17)24(25,26)27)14-28-22(16)23(32)29-10-7-20(8-11-29)30-9-3-6-21(30)15-31/h2,4-5,12-14,20-21,31H,3,6-11,15H2,1H3/t21-/m0/s1. The van der Waals surface area contributed by atoms with Crippen molar-refractivity contribution in [2.75, 3.05) is 26.2 Å². The number of piperidine rings is 1. The molecule has 0 saturated carbocycles. The fourth-order valence-electron chi connectivity index (χ4n) is 4.92. The molecule has 1 amide bonds. The molecular formula is C24H28F3N3O2. The van der Waals surface area contributed by atoms with E-state index in [1.54, 1.807) is 24.0 Å². The number of carbonyl (C=O) groups is 1. The molecule has 2 aliphatic heterocycles. The maximum Gasteiger partial charge on any atom is 0.416 e. The van der Waals surface area contributed by atoms with Gasteiger partial charge in [0.1, 0.15) is 5.69 Å². The van der Waals surface area contributed by atoms with Gasteiger partial charge in [-0.2, -0.15) is 13.2 Å². The molecule has 3 heterocycles. The Hall–Kier alpha value is -2.45. The molecule has 2 saturated heterocycles. The molecule has 32 heavy (non-hydrogen) atoms. The topological polar surface area (TPSA) is 56.7 Å². The van der Waals surface area contributed by atoms with Crippen LogP contribution in [0, 0.1) is 6.92 Å². The number of aliphatic hydroxyl groups excluding tert-OH is 1. The molecular weight excluding hydrogens is 419 g/mol. The molecule has 0 radical (unpaired) electrons. The Balaban J connectivity index is 1.44. The van der Waals surface area contributed by atoms with Crippen LogP contribution in [0.15, 0.2) is 36.5 Å². The number of halogens is 3. The van der Waals surface area contributed by atoms with Gasteiger partial charge in [-0.3, -0.25) is 14.7 Å². The number of nitrogens with zero attached hydrogens (tertiary/aromatic N) is 3. The zero-order valence-corrected chi connectivity index (χ0v) is 18.1. The molecule has 1 aromatic heterocycles. The van der Waals surface area contributed by atoms with Crippen LogP contribution in [0.4, 0.5) is 13.2 Å². The number of pyridine rings is 1. The van der Waals surface area contributed by atoms with Gasteiger partial charge in [-0.05, 0) is 68.5 Å². The van der Waals surface area contributed by atoms with Gasteiger partial charge in [-0.25, -0.2) is 0 Å². The zero-order chi connectivity index (χ0) is 22.9. The first kappa shape index (κ1) is 22.7. The van der Waals surface area contributed by atoms with Gasteiger partial charge in [0.15, 0.2) is 0 Å². The fraction of sp³-hybridized carbons (Fsp3) is 0.500. The molecule has 5 nitrogen and oxygen atoms in total. The van der Waals surface area contributed by atoms with E-state index in [9.17, 15) is 23.1 Å². The Morgan fingerprint density at radius 2 is 1.88 bits per heavy atom. The van der Waals surface area contributed by atoms with Crippen molar-refractivity contribution in [2.45, 2.75) is 50.9 Å². The maximum absolute atomic E-state index is 13.1. The summed E-state index contributed by atoms with van der Waals surface area (Å²) in [5.41, 5.74) is 1.24. The number of aliphatic hydroxyl groups is 1. The van der Waals surface area contributed by atoms with Crippen molar-refractivity contribution in [1.82, 2.24) is 14.8 Å². The van der Waals surface area contributed by atoms with Crippen molar-refractivity contribution in [3.63, 3.8) is 0 Å². The van der Waals surface area contributed by atoms with Crippen LogP contribution in [-0.2, 0) is 6.18 Å². The smallest absolute Gasteiger partial charge is 0.395 e. The van der Waals surface area contributed by atoms with Crippen LogP contribution in [0.2, 0.25) is 0 Å². The monoisotopic (exact) mass is 447 g/mol. The summed E-state index contributed by atoms with van der Waals surface area (Å²) in [6.45, 7) is 4.21. The average molecular weight is 448 g/mol. The van der Waals surface area contributed by atoms with E-state index in [0.29, 0.717) is 41.5 Å². The van der Waals surface area contributed by atoms with Crippen LogP contribution < -0.4 is 0 Å². The first-order valence-corrected chi connectivity index (χ1v) is 11.1. The predicted molar refractivity (Wildman–Crippen MR) is 115 cm³/mol. The van der Waals surface area contributed by atoms with Gasteiger partial charge >= 0.3 is 6.18 Å². The van der Waals surface area contributed by atoms with Crippen molar-refractivity contribution >= 4 is 5.91 Å². The van der Waals surface area contributed by atoms with Gasteiger partial charge in [0.05, 0.1) is 12.2 Å². The summed E-state index contributed by atoms with van der Waals surface area (Å²) in [6, 6.07) is 7.45. The predicted octanol–water partition coefficient (Wildman–Crippen LogP) is 4.14. The lowest BCUT2D eigenvalue weighted by Crippen LogP contribution is -2.49. The SMILES string of the molecule is Cc1cc(-c2cccc(C(F)(F)F)c2)cnc1C(=O)N1CCC(N2CCC[C@H]2CO)CC1. The molecule has 8 heteroatoms. The lowest BCUT2D eigenvalue weighted by molar-refractivity contribution is -0.137. The molecule has 0 spiro atoms. The second kappa shape index (κ2) is 9.19. The second-order valence-electron chi connectivity index (χ2n) is 8.71. The summed E-state index contributed by atoms with van der Waals surface area (Å²) in [4.78, 5) is 21.6. The molecule has 172 valence electrons. The van der Waals surface area contributed by atoms with Crippen LogP contribution in [0.25, 0.3) is 11.1 Å². The third kappa shape index (κ3) is 4.66. The normalized spacial score (nSPS) is 20.7. The summed E-state index contributed by atoms with van der Waals surface area (Å²) >= 11 is 0. The molecule has 0 unspecified atom stereocenters. The fourth-order valence-corrected chi connectivity index (χ4v) is 4.92. The van der Waals surface area contributed by atoms with Crippen molar-refractivity contribution in [2.24, 2.45) is 0 Å². The lowest BCUT2D eigenvalue weighted by atomic mass is 10.00. The van der Waals surface area contributed by atoms with E-state index in [1.807, 2.05) is 0 Å². The van der Waals surface area contributed by atoms with Gasteiger partial charge < -0.3 is 10.0 Å². The van der Waals surface area contributed by atoms with E-state index in [0.717, 1.165) is 44.4 Å². The number of aryl methyl sites for hydroxylation is 1. The summed E-state index contributed by atoms with van der Waals surface area (Å²) in [5.74, 6) is -0.142. The van der Waals surface area contributed by atoms with Gasteiger partial charge in [-0.1, -0.05) is 12.1 Å². The molecule has 2 aliphatic rings. The number of aromatic nitrogens is 1. The Morgan fingerprint density at radius 1 is 1.12 bits per heavy atom. The van der Waals surface area contributed by atoms with E-state index < -0.39 is 11.7 Å². The number of benzene rings is 1. The van der Waals surface area contributed by atoms with Crippen molar-refractivity contribution in [3.8, 4) is 11.1 Å². The summed E-state index contributed by atoms with van der Waals surface area (Å²) in [6.07, 6.45) is 0.918. The van der Waals surface area contributed by atoms with Crippen LogP contribution in [0.3, 0.4) is 0 Å². The highest BCUT2D eigenvalue weighted by molar-refractivity contribution is 5.94. The minimum atomic E-state index is -4.41. The zero-order valence-electron chi connectivity index (χ0n) is 18.1. The lowest BCUT2D eigenvalue weighted by Gasteiger charge is -2.39. The van der Waals surface area contributed by atoms with E-state index in [2.05, 4.69) is 9.88 Å². The largest absolute Gasteiger partial charge is 0.416 e. The highest BCUT2D eigenvalue weighted by atomic mass is 19.4. The maximum atomic E-state index is 13.1. The van der Waals surface area contributed by atoms with E-state index >= 15 is 0 Å². The Labute approximate surface area is 185 Å². The number of likely N-dealkylation sites (tertiary alicyclic amines) is 2. The quantitative estimate of drug-likeness (QED) is 0.766. The summed E-state index contributed by atoms with van der Waals surface area (Å²) in [5, 5.41) is 9.58. The number of hydrogen-bond acceptors (Lipinski definition) is 4. The van der Waals surface area contributed by atoms with E-state index in [-0.39, 0.29) is 18.6 Å². The van der Waals surface area contributed by atoms with Gasteiger partial charge in [0.2, 0.25) is 0 Å². The Kier molecular flexibility index (Phi) is 6.53. The molecule has 0 aliphatic carbocycles. The Bertz CT molecular complexity index is 971. The van der Waals surface area contributed by atoms with Crippen LogP contribution in [0.1, 0.15) is 47.3 Å². The van der Waals surface area contributed by atoms with Crippen molar-refractivity contribution < 1.29 is 23.1 Å². The number of alkyl halides is 3. The van der Waals surface area contributed by atoms with Crippen LogP contribution in [-0.4, -0.2) is 64.1 Å². The van der Waals surface area contributed by atoms with Gasteiger partial charge in [0, 0.05) is 36.9 Å². The van der Waals surface area contributed by atoms with Crippen molar-refractivity contribution in [3.05, 3.63) is 53.3 Å². The highest BCUT2D eigenvalue weighted by Crippen LogP contribution is 2.32. The number of hydrogen-bond donors (Lipinski definition) is 1. The molecule has 0 bridgehead atoms. The van der Waals surface area contributed by atoms with Crippen molar-refractivity contribution in [1.29, 1.82) is 0 Å². The summed E-state index contributed by atoms with van der Waals surface area (Å²) in [7, 11) is 0. The number of rotatable bonds is 4. The first-order chi connectivity index (χ1) is 15.3. The summed E-state index contributed by atoms with van der Waals surface area (Å²) < 4.78 is 39.1. The minimum absolute atomic E-state index is 0.142. The minimum Gasteiger partial charge on any atom is -0.395 e. The molecule has 1 N–H and O–H groups in total. The van der Waals surface area contributed by atoms with Gasteiger partial charge in [-0.15, -0.1) is 0 Å². The molecule has 2 fully saturated rings. The van der Waals surface area contributed by atoms with Gasteiger partial charge in [0.25, 0.3) is 5.91 Å². The highest BCUT2D eigenvalue weighted by Gasteiger charge is 2.34. The third-order valence-electron chi connectivity index (χ3n) is 6.66. The average Bonchev–Trinajstić information content (AvgIpc) is 3.27. The molecule has 2 aromatic rings. The molecule has 1 atom stereocenters. The van der Waals surface area contributed by atoms with Crippen LogP contribution >= 0.6 is 0 Å². The van der Waals surface area contributed by atoms with E-state index in [4.69, 9.17) is 0 Å². The molecule has 4 rings (SSSR count). The molecule has 1 aromatic carbocycles. The third-order valence-corrected chi connectivity index (χ3v) is 6.66. The first-order valence-electron chi connectivity index (χ1n) is 11.1.